The summed E-state index contributed by atoms with van der Waals surface area (Å²) in [5, 5.41) is 0.670. The van der Waals surface area contributed by atoms with Crippen molar-refractivity contribution in [2.75, 3.05) is 23.9 Å². The first-order valence-corrected chi connectivity index (χ1v) is 18.2. The van der Waals surface area contributed by atoms with Crippen LogP contribution in [0.1, 0.15) is 77.6 Å². The standard InChI is InChI=1S/C30H45BrN2O6Si/c1-29(2,3)38-28(35)33-22-17-25(37-14-10-13-31)24(36-7)16-21(22)26(34)32-18-20(19-11-12-19)15-23(32)27(33)39-40(8,9)30(4,5)6/h16-19,23,27H,10-15H2,1-9H3. The first-order chi connectivity index (χ1) is 18.6. The minimum Gasteiger partial charge on any atom is -0.493 e. The fourth-order valence-corrected chi connectivity index (χ4v) is 6.29. The maximum atomic E-state index is 14.3. The van der Waals surface area contributed by atoms with Gasteiger partial charge in [-0.25, -0.2) is 9.69 Å². The van der Waals surface area contributed by atoms with Crippen molar-refractivity contribution in [1.29, 1.82) is 0 Å². The smallest absolute Gasteiger partial charge is 0.417 e. The summed E-state index contributed by atoms with van der Waals surface area (Å²) >= 11 is 3.44. The molecule has 2 amide bonds. The van der Waals surface area contributed by atoms with E-state index in [2.05, 4.69) is 49.8 Å². The number of hydrogen-bond acceptors (Lipinski definition) is 6. The molecule has 0 radical (unpaired) electrons. The van der Waals surface area contributed by atoms with Gasteiger partial charge in [-0.1, -0.05) is 36.7 Å². The summed E-state index contributed by atoms with van der Waals surface area (Å²) in [5.41, 5.74) is 1.27. The molecule has 0 bridgehead atoms. The van der Waals surface area contributed by atoms with Crippen molar-refractivity contribution in [2.24, 2.45) is 5.92 Å². The van der Waals surface area contributed by atoms with E-state index < -0.39 is 26.2 Å². The summed E-state index contributed by atoms with van der Waals surface area (Å²) in [7, 11) is -0.872. The Kier molecular flexibility index (Phi) is 8.75. The molecule has 0 saturated heterocycles. The van der Waals surface area contributed by atoms with Gasteiger partial charge in [-0.2, -0.15) is 0 Å². The predicted molar refractivity (Wildman–Crippen MR) is 163 cm³/mol. The lowest BCUT2D eigenvalue weighted by Crippen LogP contribution is -2.58. The average molecular weight is 638 g/mol. The second kappa shape index (κ2) is 11.3. The van der Waals surface area contributed by atoms with Gasteiger partial charge < -0.3 is 23.5 Å². The number of carbonyl (C=O) groups is 2. The van der Waals surface area contributed by atoms with E-state index in [-0.39, 0.29) is 17.0 Å². The second-order valence-corrected chi connectivity index (χ2v) is 19.0. The maximum absolute atomic E-state index is 14.3. The van der Waals surface area contributed by atoms with Crippen molar-refractivity contribution in [3.8, 4) is 11.5 Å². The van der Waals surface area contributed by atoms with E-state index in [1.807, 2.05) is 27.0 Å². The molecule has 0 spiro atoms. The summed E-state index contributed by atoms with van der Waals surface area (Å²) in [6.45, 7) is 16.8. The molecule has 222 valence electrons. The zero-order valence-electron chi connectivity index (χ0n) is 25.4. The van der Waals surface area contributed by atoms with Gasteiger partial charge in [0, 0.05) is 17.6 Å². The van der Waals surface area contributed by atoms with Crippen molar-refractivity contribution < 1.29 is 28.2 Å². The van der Waals surface area contributed by atoms with Crippen LogP contribution in [0.3, 0.4) is 0 Å². The van der Waals surface area contributed by atoms with Crippen LogP contribution in [0.5, 0.6) is 11.5 Å². The minimum atomic E-state index is -2.43. The Labute approximate surface area is 248 Å². The molecule has 1 aromatic rings. The van der Waals surface area contributed by atoms with Crippen LogP contribution >= 0.6 is 15.9 Å². The van der Waals surface area contributed by atoms with Crippen LogP contribution in [-0.4, -0.2) is 62.1 Å². The molecule has 1 aliphatic carbocycles. The number of halogens is 1. The highest BCUT2D eigenvalue weighted by Gasteiger charge is 2.52. The molecular formula is C30H45BrN2O6Si. The van der Waals surface area contributed by atoms with E-state index in [0.29, 0.717) is 41.7 Å². The van der Waals surface area contributed by atoms with E-state index in [9.17, 15) is 9.59 Å². The molecule has 10 heteroatoms. The number of ether oxygens (including phenoxy) is 3. The predicted octanol–water partition coefficient (Wildman–Crippen LogP) is 7.47. The molecule has 2 unspecified atom stereocenters. The molecule has 4 rings (SSSR count). The molecular weight excluding hydrogens is 592 g/mol. The summed E-state index contributed by atoms with van der Waals surface area (Å²) in [6, 6.07) is 3.05. The van der Waals surface area contributed by atoms with Crippen molar-refractivity contribution in [3.63, 3.8) is 0 Å². The number of anilines is 1. The summed E-state index contributed by atoms with van der Waals surface area (Å²) in [6.07, 6.45) is 4.42. The van der Waals surface area contributed by atoms with Crippen molar-refractivity contribution in [2.45, 2.75) is 103 Å². The van der Waals surface area contributed by atoms with Crippen LogP contribution < -0.4 is 14.4 Å². The van der Waals surface area contributed by atoms with Gasteiger partial charge >= 0.3 is 6.09 Å². The molecule has 1 fully saturated rings. The number of amides is 2. The van der Waals surface area contributed by atoms with Gasteiger partial charge in [0.25, 0.3) is 5.91 Å². The Morgan fingerprint density at radius 3 is 2.33 bits per heavy atom. The molecule has 8 nitrogen and oxygen atoms in total. The van der Waals surface area contributed by atoms with Gasteiger partial charge in [0.1, 0.15) is 5.60 Å². The van der Waals surface area contributed by atoms with Gasteiger partial charge in [0.05, 0.1) is 31.0 Å². The fraction of sp³-hybridized carbons (Fsp3) is 0.667. The number of rotatable bonds is 8. The average Bonchev–Trinajstić information content (AvgIpc) is 3.60. The third-order valence-corrected chi connectivity index (χ3v) is 13.1. The van der Waals surface area contributed by atoms with Crippen molar-refractivity contribution in [1.82, 2.24) is 4.90 Å². The molecule has 40 heavy (non-hydrogen) atoms. The number of methoxy groups -OCH3 is 1. The molecule has 2 atom stereocenters. The molecule has 0 aromatic heterocycles. The van der Waals surface area contributed by atoms with Crippen LogP contribution in [0.2, 0.25) is 18.1 Å². The lowest BCUT2D eigenvalue weighted by Gasteiger charge is -2.44. The summed E-state index contributed by atoms with van der Waals surface area (Å²) < 4.78 is 24.8. The van der Waals surface area contributed by atoms with Gasteiger partial charge in [-0.05, 0) is 82.1 Å². The Hall–Kier alpha value is -2.04. The normalized spacial score (nSPS) is 21.4. The van der Waals surface area contributed by atoms with E-state index in [0.717, 1.165) is 24.6 Å². The Morgan fingerprint density at radius 1 is 1.10 bits per heavy atom. The third-order valence-electron chi connectivity index (χ3n) is 8.15. The number of carbonyl (C=O) groups excluding carboxylic acids is 2. The largest absolute Gasteiger partial charge is 0.493 e. The SMILES string of the molecule is COc1cc2c(cc1OCCCBr)N(C(=O)OC(C)(C)C)C(O[Si](C)(C)C(C)(C)C)C1CC(C3CC3)=CN1C2=O. The summed E-state index contributed by atoms with van der Waals surface area (Å²) in [4.78, 5) is 31.8. The lowest BCUT2D eigenvalue weighted by molar-refractivity contribution is 0.0363. The van der Waals surface area contributed by atoms with Crippen molar-refractivity contribution in [3.05, 3.63) is 29.5 Å². The third kappa shape index (κ3) is 6.38. The molecule has 2 heterocycles. The lowest BCUT2D eigenvalue weighted by atomic mass is 10.0. The van der Waals surface area contributed by atoms with Crippen LogP contribution in [-0.2, 0) is 9.16 Å². The van der Waals surface area contributed by atoms with Crippen LogP contribution in [0.4, 0.5) is 10.5 Å². The zero-order chi connectivity index (χ0) is 29.6. The number of hydrogen-bond donors (Lipinski definition) is 0. The molecule has 1 saturated carbocycles. The van der Waals surface area contributed by atoms with Gasteiger partial charge in [0.2, 0.25) is 0 Å². The number of nitrogens with zero attached hydrogens (tertiary/aromatic N) is 2. The highest BCUT2D eigenvalue weighted by atomic mass is 79.9. The Morgan fingerprint density at radius 2 is 1.77 bits per heavy atom. The van der Waals surface area contributed by atoms with Crippen LogP contribution in [0.15, 0.2) is 23.9 Å². The quantitative estimate of drug-likeness (QED) is 0.167. The van der Waals surface area contributed by atoms with E-state index >= 15 is 0 Å². The van der Waals surface area contributed by atoms with Gasteiger partial charge in [-0.15, -0.1) is 0 Å². The first kappa shape index (κ1) is 30.9. The molecule has 1 aromatic carbocycles. The number of alkyl halides is 1. The van der Waals surface area contributed by atoms with Crippen molar-refractivity contribution >= 4 is 41.9 Å². The van der Waals surface area contributed by atoms with E-state index in [4.69, 9.17) is 18.6 Å². The zero-order valence-corrected chi connectivity index (χ0v) is 28.0. The topological polar surface area (TPSA) is 77.5 Å². The maximum Gasteiger partial charge on any atom is 0.417 e. The fourth-order valence-electron chi connectivity index (χ4n) is 4.84. The first-order valence-electron chi connectivity index (χ1n) is 14.2. The monoisotopic (exact) mass is 636 g/mol. The highest BCUT2D eigenvalue weighted by molar-refractivity contribution is 9.09. The second-order valence-electron chi connectivity index (χ2n) is 13.5. The number of fused-ring (bicyclic) bond motifs is 2. The molecule has 0 N–H and O–H groups in total. The number of benzene rings is 1. The molecule has 2 aliphatic heterocycles. The molecule has 3 aliphatic rings. The Balaban J connectivity index is 1.93. The Bertz CT molecular complexity index is 1170. The van der Waals surface area contributed by atoms with E-state index in [1.54, 1.807) is 29.0 Å². The van der Waals surface area contributed by atoms with E-state index in [1.165, 1.54) is 5.57 Å². The van der Waals surface area contributed by atoms with Gasteiger partial charge in [0.15, 0.2) is 26.0 Å². The van der Waals surface area contributed by atoms with Crippen LogP contribution in [0.25, 0.3) is 0 Å². The minimum absolute atomic E-state index is 0.119. The van der Waals surface area contributed by atoms with Crippen LogP contribution in [0, 0.1) is 5.92 Å². The summed E-state index contributed by atoms with van der Waals surface area (Å²) in [5.74, 6) is 1.21. The highest BCUT2D eigenvalue weighted by Crippen LogP contribution is 2.49. The van der Waals surface area contributed by atoms with Gasteiger partial charge in [-0.3, -0.25) is 4.79 Å².